The minimum absolute atomic E-state index is 0.471. The molecule has 1 aliphatic heterocycles. The van der Waals surface area contributed by atoms with Crippen LogP contribution in [0.3, 0.4) is 0 Å². The smallest absolute Gasteiger partial charge is 0.107 e. The van der Waals surface area contributed by atoms with Crippen molar-refractivity contribution in [1.82, 2.24) is 0 Å². The van der Waals surface area contributed by atoms with E-state index in [2.05, 4.69) is 39.9 Å². The molecule has 1 aromatic carbocycles. The fourth-order valence-corrected chi connectivity index (χ4v) is 3.81. The number of nitrogens with zero attached hydrogens (tertiary/aromatic N) is 1. The Hall–Kier alpha value is -0.610. The summed E-state index contributed by atoms with van der Waals surface area (Å²) in [6, 6.07) is 6.18. The van der Waals surface area contributed by atoms with E-state index < -0.39 is 0 Å². The van der Waals surface area contributed by atoms with Gasteiger partial charge in [-0.3, -0.25) is 0 Å². The number of rotatable bonds is 4. The van der Waals surface area contributed by atoms with Crippen LogP contribution in [0.2, 0.25) is 0 Å². The quantitative estimate of drug-likeness (QED) is 0.836. The first-order chi connectivity index (χ1) is 9.13. The molecule has 0 radical (unpaired) electrons. The topological polar surface area (TPSA) is 29.3 Å². The van der Waals surface area contributed by atoms with E-state index in [0.717, 1.165) is 29.0 Å². The number of benzene rings is 1. The van der Waals surface area contributed by atoms with Gasteiger partial charge in [0.15, 0.2) is 0 Å². The summed E-state index contributed by atoms with van der Waals surface area (Å²) < 4.78 is 0.994. The van der Waals surface area contributed by atoms with Crippen LogP contribution in [0.4, 0.5) is 5.69 Å². The average molecular weight is 341 g/mol. The highest BCUT2D eigenvalue weighted by Crippen LogP contribution is 2.31. The molecule has 0 spiro atoms. The zero-order chi connectivity index (χ0) is 13.8. The van der Waals surface area contributed by atoms with Gasteiger partial charge in [0, 0.05) is 28.8 Å². The number of hydrogen-bond acceptors (Lipinski definition) is 2. The Morgan fingerprint density at radius 1 is 1.42 bits per heavy atom. The van der Waals surface area contributed by atoms with Gasteiger partial charge in [-0.15, -0.1) is 0 Å². The fourth-order valence-electron chi connectivity index (χ4n) is 2.89. The molecule has 0 amide bonds. The Balaban J connectivity index is 2.15. The SMILES string of the molecule is CCCC1CCN(c2cccc(Br)c2C(N)=S)CC1. The van der Waals surface area contributed by atoms with Crippen molar-refractivity contribution >= 4 is 38.8 Å². The maximum atomic E-state index is 5.87. The lowest BCUT2D eigenvalue weighted by molar-refractivity contribution is 0.378. The number of piperidine rings is 1. The molecule has 1 aromatic rings. The maximum Gasteiger partial charge on any atom is 0.107 e. The Bertz CT molecular complexity index is 453. The summed E-state index contributed by atoms with van der Waals surface area (Å²) in [5.41, 5.74) is 8.03. The Kier molecular flexibility index (Phi) is 5.22. The summed E-state index contributed by atoms with van der Waals surface area (Å²) in [7, 11) is 0. The lowest BCUT2D eigenvalue weighted by Gasteiger charge is -2.34. The van der Waals surface area contributed by atoms with Crippen molar-refractivity contribution in [3.63, 3.8) is 0 Å². The second-order valence-corrected chi connectivity index (χ2v) is 6.51. The Morgan fingerprint density at radius 2 is 2.11 bits per heavy atom. The molecule has 0 unspecified atom stereocenters. The summed E-state index contributed by atoms with van der Waals surface area (Å²) in [5.74, 6) is 0.890. The van der Waals surface area contributed by atoms with Crippen molar-refractivity contribution in [3.05, 3.63) is 28.2 Å². The van der Waals surface area contributed by atoms with E-state index in [-0.39, 0.29) is 0 Å². The van der Waals surface area contributed by atoms with E-state index in [1.807, 2.05) is 6.07 Å². The number of hydrogen-bond donors (Lipinski definition) is 1. The Morgan fingerprint density at radius 3 is 2.68 bits per heavy atom. The summed E-state index contributed by atoms with van der Waals surface area (Å²) in [4.78, 5) is 2.89. The van der Waals surface area contributed by atoms with Gasteiger partial charge in [-0.2, -0.15) is 0 Å². The van der Waals surface area contributed by atoms with E-state index in [9.17, 15) is 0 Å². The molecular weight excluding hydrogens is 320 g/mol. The van der Waals surface area contributed by atoms with E-state index in [4.69, 9.17) is 18.0 Å². The molecule has 4 heteroatoms. The van der Waals surface area contributed by atoms with Crippen LogP contribution >= 0.6 is 28.1 Å². The molecular formula is C15H21BrN2S. The van der Waals surface area contributed by atoms with E-state index in [0.29, 0.717) is 4.99 Å². The second kappa shape index (κ2) is 6.71. The largest absolute Gasteiger partial charge is 0.389 e. The number of thiocarbonyl (C=S) groups is 1. The molecule has 0 bridgehead atoms. The van der Waals surface area contributed by atoms with Gasteiger partial charge in [0.25, 0.3) is 0 Å². The summed E-state index contributed by atoms with van der Waals surface area (Å²) in [5, 5.41) is 0. The molecule has 1 heterocycles. The standard InChI is InChI=1S/C15H21BrN2S/c1-2-4-11-7-9-18(10-8-11)13-6-3-5-12(16)14(13)15(17)19/h3,5-6,11H,2,4,7-10H2,1H3,(H2,17,19). The molecule has 1 fully saturated rings. The maximum absolute atomic E-state index is 5.87. The molecule has 1 aliphatic rings. The van der Waals surface area contributed by atoms with Crippen LogP contribution in [0.1, 0.15) is 38.2 Å². The number of nitrogens with two attached hydrogens (primary N) is 1. The Labute approximate surface area is 129 Å². The van der Waals surface area contributed by atoms with Gasteiger partial charge in [-0.1, -0.05) is 38.0 Å². The van der Waals surface area contributed by atoms with Gasteiger partial charge in [-0.25, -0.2) is 0 Å². The summed E-state index contributed by atoms with van der Waals surface area (Å²) in [6.07, 6.45) is 5.20. The van der Waals surface area contributed by atoms with Gasteiger partial charge in [0.1, 0.15) is 4.99 Å². The van der Waals surface area contributed by atoms with Crippen molar-refractivity contribution in [3.8, 4) is 0 Å². The molecule has 0 aliphatic carbocycles. The first-order valence-corrected chi connectivity index (χ1v) is 8.16. The molecule has 2 N–H and O–H groups in total. The van der Waals surface area contributed by atoms with Crippen molar-refractivity contribution < 1.29 is 0 Å². The first kappa shape index (κ1) is 14.8. The summed E-state index contributed by atoms with van der Waals surface area (Å²) in [6.45, 7) is 4.49. The highest BCUT2D eigenvalue weighted by Gasteiger charge is 2.21. The molecule has 0 saturated carbocycles. The lowest BCUT2D eigenvalue weighted by atomic mass is 9.92. The number of halogens is 1. The van der Waals surface area contributed by atoms with Crippen LogP contribution in [-0.2, 0) is 0 Å². The molecule has 104 valence electrons. The lowest BCUT2D eigenvalue weighted by Crippen LogP contribution is -2.35. The van der Waals surface area contributed by atoms with Gasteiger partial charge < -0.3 is 10.6 Å². The van der Waals surface area contributed by atoms with Crippen LogP contribution < -0.4 is 10.6 Å². The van der Waals surface area contributed by atoms with Gasteiger partial charge >= 0.3 is 0 Å². The third kappa shape index (κ3) is 3.48. The zero-order valence-corrected chi connectivity index (χ0v) is 13.8. The van der Waals surface area contributed by atoms with E-state index >= 15 is 0 Å². The second-order valence-electron chi connectivity index (χ2n) is 5.22. The highest BCUT2D eigenvalue weighted by molar-refractivity contribution is 9.10. The minimum atomic E-state index is 0.471. The van der Waals surface area contributed by atoms with Crippen molar-refractivity contribution in [2.45, 2.75) is 32.6 Å². The monoisotopic (exact) mass is 340 g/mol. The van der Waals surface area contributed by atoms with Crippen LogP contribution in [-0.4, -0.2) is 18.1 Å². The van der Waals surface area contributed by atoms with Crippen molar-refractivity contribution in [2.24, 2.45) is 11.7 Å². The van der Waals surface area contributed by atoms with E-state index in [1.54, 1.807) is 0 Å². The van der Waals surface area contributed by atoms with Gasteiger partial charge in [-0.05, 0) is 46.8 Å². The van der Waals surface area contributed by atoms with Crippen LogP contribution in [0.25, 0.3) is 0 Å². The molecule has 2 rings (SSSR count). The van der Waals surface area contributed by atoms with Gasteiger partial charge in [0.2, 0.25) is 0 Å². The highest BCUT2D eigenvalue weighted by atomic mass is 79.9. The molecule has 1 saturated heterocycles. The minimum Gasteiger partial charge on any atom is -0.389 e. The van der Waals surface area contributed by atoms with Crippen LogP contribution in [0.15, 0.2) is 22.7 Å². The predicted molar refractivity (Wildman–Crippen MR) is 89.9 cm³/mol. The molecule has 19 heavy (non-hydrogen) atoms. The average Bonchev–Trinajstić information content (AvgIpc) is 2.39. The fraction of sp³-hybridized carbons (Fsp3) is 0.533. The summed E-state index contributed by atoms with van der Waals surface area (Å²) >= 11 is 8.75. The van der Waals surface area contributed by atoms with Gasteiger partial charge in [0.05, 0.1) is 0 Å². The molecule has 0 aromatic heterocycles. The molecule has 2 nitrogen and oxygen atoms in total. The third-order valence-electron chi connectivity index (χ3n) is 3.89. The van der Waals surface area contributed by atoms with Crippen LogP contribution in [0, 0.1) is 5.92 Å². The number of anilines is 1. The predicted octanol–water partition coefficient (Wildman–Crippen LogP) is 4.10. The zero-order valence-electron chi connectivity index (χ0n) is 11.4. The van der Waals surface area contributed by atoms with Crippen LogP contribution in [0.5, 0.6) is 0 Å². The molecule has 0 atom stereocenters. The van der Waals surface area contributed by atoms with E-state index in [1.165, 1.54) is 31.4 Å². The normalized spacial score (nSPS) is 16.6. The van der Waals surface area contributed by atoms with Crippen molar-refractivity contribution in [1.29, 1.82) is 0 Å². The third-order valence-corrected chi connectivity index (χ3v) is 4.76. The first-order valence-electron chi connectivity index (χ1n) is 6.96. The van der Waals surface area contributed by atoms with Crippen molar-refractivity contribution in [2.75, 3.05) is 18.0 Å².